The van der Waals surface area contributed by atoms with Crippen LogP contribution in [0.4, 0.5) is 13.2 Å². The minimum absolute atomic E-state index is 0.0790. The summed E-state index contributed by atoms with van der Waals surface area (Å²) in [5, 5.41) is 20.5. The summed E-state index contributed by atoms with van der Waals surface area (Å²) in [6.45, 7) is 0. The number of carbonyl (C=O) groups is 2. The SMILES string of the molecule is COc1ccc(/C=N/NC(=O)c2ccccc2O)cc1.O=C(O)C(F)(F)F. The molecule has 0 aliphatic heterocycles. The molecule has 144 valence electrons. The second-order valence-electron chi connectivity index (χ2n) is 4.79. The maximum absolute atomic E-state index is 11.8. The normalized spacial score (nSPS) is 10.7. The lowest BCUT2D eigenvalue weighted by Crippen LogP contribution is -2.21. The van der Waals surface area contributed by atoms with Gasteiger partial charge in [0.2, 0.25) is 0 Å². The summed E-state index contributed by atoms with van der Waals surface area (Å²) < 4.78 is 36.8. The van der Waals surface area contributed by atoms with Crippen LogP contribution in [0.15, 0.2) is 53.6 Å². The Hall–Kier alpha value is -3.56. The fourth-order valence-electron chi connectivity index (χ4n) is 1.58. The van der Waals surface area contributed by atoms with E-state index in [1.807, 2.05) is 12.1 Å². The molecule has 0 aliphatic carbocycles. The Morgan fingerprint density at radius 1 is 1.11 bits per heavy atom. The predicted molar refractivity (Wildman–Crippen MR) is 89.9 cm³/mol. The van der Waals surface area contributed by atoms with Gasteiger partial charge in [-0.15, -0.1) is 0 Å². The van der Waals surface area contributed by atoms with Crippen molar-refractivity contribution in [3.8, 4) is 11.5 Å². The molecule has 0 fully saturated rings. The first-order valence-corrected chi connectivity index (χ1v) is 7.20. The van der Waals surface area contributed by atoms with Crippen LogP contribution in [0.2, 0.25) is 0 Å². The van der Waals surface area contributed by atoms with Crippen LogP contribution in [0.3, 0.4) is 0 Å². The van der Waals surface area contributed by atoms with Crippen molar-refractivity contribution < 1.29 is 37.7 Å². The number of rotatable bonds is 4. The summed E-state index contributed by atoms with van der Waals surface area (Å²) in [6, 6.07) is 13.5. The van der Waals surface area contributed by atoms with Gasteiger partial charge in [-0.2, -0.15) is 18.3 Å². The highest BCUT2D eigenvalue weighted by Gasteiger charge is 2.38. The lowest BCUT2D eigenvalue weighted by Gasteiger charge is -2.02. The summed E-state index contributed by atoms with van der Waals surface area (Å²) in [5.74, 6) is -2.55. The van der Waals surface area contributed by atoms with Gasteiger partial charge in [-0.1, -0.05) is 12.1 Å². The monoisotopic (exact) mass is 384 g/mol. The Bertz CT molecular complexity index is 805. The summed E-state index contributed by atoms with van der Waals surface area (Å²) >= 11 is 0. The molecule has 2 aromatic rings. The van der Waals surface area contributed by atoms with Crippen LogP contribution in [0, 0.1) is 0 Å². The minimum Gasteiger partial charge on any atom is -0.507 e. The average Bonchev–Trinajstić information content (AvgIpc) is 2.62. The molecule has 7 nitrogen and oxygen atoms in total. The topological polar surface area (TPSA) is 108 Å². The highest BCUT2D eigenvalue weighted by molar-refractivity contribution is 5.97. The van der Waals surface area contributed by atoms with Crippen LogP contribution in [0.1, 0.15) is 15.9 Å². The van der Waals surface area contributed by atoms with E-state index in [1.54, 1.807) is 31.4 Å². The van der Waals surface area contributed by atoms with Gasteiger partial charge in [0.25, 0.3) is 5.91 Å². The Kier molecular flexibility index (Phi) is 7.80. The van der Waals surface area contributed by atoms with Crippen molar-refractivity contribution in [1.82, 2.24) is 5.43 Å². The molecule has 10 heteroatoms. The first kappa shape index (κ1) is 21.5. The van der Waals surface area contributed by atoms with E-state index in [0.717, 1.165) is 11.3 Å². The number of halogens is 3. The maximum atomic E-state index is 11.8. The smallest absolute Gasteiger partial charge is 0.490 e. The fourth-order valence-corrected chi connectivity index (χ4v) is 1.58. The van der Waals surface area contributed by atoms with Gasteiger partial charge in [-0.25, -0.2) is 10.2 Å². The molecule has 2 rings (SSSR count). The number of carboxylic acids is 1. The van der Waals surface area contributed by atoms with Crippen molar-refractivity contribution in [1.29, 1.82) is 0 Å². The van der Waals surface area contributed by atoms with E-state index < -0.39 is 18.1 Å². The van der Waals surface area contributed by atoms with Crippen LogP contribution in [-0.2, 0) is 4.79 Å². The number of amides is 1. The third kappa shape index (κ3) is 7.46. The van der Waals surface area contributed by atoms with Crippen LogP contribution < -0.4 is 10.2 Å². The number of carboxylic acid groups (broad SMARTS) is 1. The maximum Gasteiger partial charge on any atom is 0.490 e. The molecule has 0 spiro atoms. The highest BCUT2D eigenvalue weighted by atomic mass is 19.4. The molecule has 2 aromatic carbocycles. The molecule has 0 saturated heterocycles. The second kappa shape index (κ2) is 9.80. The van der Waals surface area contributed by atoms with Crippen molar-refractivity contribution in [2.24, 2.45) is 5.10 Å². The zero-order valence-electron chi connectivity index (χ0n) is 13.9. The first-order valence-electron chi connectivity index (χ1n) is 7.20. The van der Waals surface area contributed by atoms with Gasteiger partial charge in [0, 0.05) is 0 Å². The fraction of sp³-hybridized carbons (Fsp3) is 0.118. The molecule has 27 heavy (non-hydrogen) atoms. The van der Waals surface area contributed by atoms with Crippen molar-refractivity contribution in [2.75, 3.05) is 7.11 Å². The van der Waals surface area contributed by atoms with E-state index in [4.69, 9.17) is 14.6 Å². The molecule has 0 unspecified atom stereocenters. The van der Waals surface area contributed by atoms with Gasteiger partial charge in [0.05, 0.1) is 18.9 Å². The van der Waals surface area contributed by atoms with Gasteiger partial charge >= 0.3 is 12.1 Å². The van der Waals surface area contributed by atoms with Crippen LogP contribution in [-0.4, -0.2) is 41.6 Å². The van der Waals surface area contributed by atoms with Crippen molar-refractivity contribution in [3.05, 3.63) is 59.7 Å². The van der Waals surface area contributed by atoms with Gasteiger partial charge < -0.3 is 14.9 Å². The molecule has 0 heterocycles. The number of alkyl halides is 3. The lowest BCUT2D eigenvalue weighted by atomic mass is 10.2. The van der Waals surface area contributed by atoms with E-state index in [-0.39, 0.29) is 11.3 Å². The Morgan fingerprint density at radius 2 is 1.67 bits per heavy atom. The number of phenolic OH excluding ortho intramolecular Hbond substituents is 1. The molecular weight excluding hydrogens is 369 g/mol. The van der Waals surface area contributed by atoms with E-state index >= 15 is 0 Å². The third-order valence-corrected chi connectivity index (χ3v) is 2.89. The molecule has 1 amide bonds. The number of nitrogens with one attached hydrogen (secondary N) is 1. The second-order valence-corrected chi connectivity index (χ2v) is 4.79. The standard InChI is InChI=1S/C15H14N2O3.C2HF3O2/c1-20-12-8-6-11(7-9-12)10-16-17-15(19)13-4-2-3-5-14(13)18;3-2(4,5)1(6)7/h2-10,18H,1H3,(H,17,19);(H,6,7)/b16-10+;. The average molecular weight is 384 g/mol. The Balaban J connectivity index is 0.000000445. The number of carbonyl (C=O) groups excluding carboxylic acids is 1. The number of aliphatic carboxylic acids is 1. The number of hydrogen-bond donors (Lipinski definition) is 3. The number of methoxy groups -OCH3 is 1. The third-order valence-electron chi connectivity index (χ3n) is 2.89. The van der Waals surface area contributed by atoms with Gasteiger partial charge in [0.1, 0.15) is 11.5 Å². The van der Waals surface area contributed by atoms with Gasteiger partial charge in [-0.3, -0.25) is 4.79 Å². The van der Waals surface area contributed by atoms with Crippen LogP contribution in [0.25, 0.3) is 0 Å². The Morgan fingerprint density at radius 3 is 2.15 bits per heavy atom. The number of benzene rings is 2. The number of nitrogens with zero attached hydrogens (tertiary/aromatic N) is 1. The molecule has 0 aromatic heterocycles. The number of aromatic hydroxyl groups is 1. The molecule has 0 saturated carbocycles. The van der Waals surface area contributed by atoms with Crippen LogP contribution >= 0.6 is 0 Å². The predicted octanol–water partition coefficient (Wildman–Crippen LogP) is 2.80. The van der Waals surface area contributed by atoms with E-state index in [0.29, 0.717) is 0 Å². The number of phenols is 1. The van der Waals surface area contributed by atoms with Crippen LogP contribution in [0.5, 0.6) is 11.5 Å². The highest BCUT2D eigenvalue weighted by Crippen LogP contribution is 2.15. The van der Waals surface area contributed by atoms with Gasteiger partial charge in [-0.05, 0) is 42.0 Å². The van der Waals surface area contributed by atoms with Crippen molar-refractivity contribution in [3.63, 3.8) is 0 Å². The minimum atomic E-state index is -5.08. The van der Waals surface area contributed by atoms with E-state index in [9.17, 15) is 23.1 Å². The molecule has 0 aliphatic rings. The first-order chi connectivity index (χ1) is 12.6. The van der Waals surface area contributed by atoms with Gasteiger partial charge in [0.15, 0.2) is 0 Å². The van der Waals surface area contributed by atoms with Crippen molar-refractivity contribution >= 4 is 18.1 Å². The molecule has 0 bridgehead atoms. The van der Waals surface area contributed by atoms with E-state index in [1.165, 1.54) is 18.3 Å². The summed E-state index contributed by atoms with van der Waals surface area (Å²) in [7, 11) is 1.59. The summed E-state index contributed by atoms with van der Waals surface area (Å²) in [4.78, 5) is 20.6. The lowest BCUT2D eigenvalue weighted by molar-refractivity contribution is -0.192. The molecule has 0 atom stereocenters. The molecule has 0 radical (unpaired) electrons. The largest absolute Gasteiger partial charge is 0.507 e. The zero-order chi connectivity index (χ0) is 20.4. The quantitative estimate of drug-likeness (QED) is 0.555. The van der Waals surface area contributed by atoms with E-state index in [2.05, 4.69) is 10.5 Å². The molecular formula is C17H15F3N2O5. The summed E-state index contributed by atoms with van der Waals surface area (Å²) in [5.41, 5.74) is 3.36. The summed E-state index contributed by atoms with van der Waals surface area (Å²) in [6.07, 6.45) is -3.57. The Labute approximate surface area is 151 Å². The molecule has 3 N–H and O–H groups in total. The number of ether oxygens (including phenoxy) is 1. The van der Waals surface area contributed by atoms with Crippen molar-refractivity contribution in [2.45, 2.75) is 6.18 Å². The number of para-hydroxylation sites is 1. The zero-order valence-corrected chi connectivity index (χ0v) is 13.9. The number of hydrazone groups is 1. The number of hydrogen-bond acceptors (Lipinski definition) is 5.